The van der Waals surface area contributed by atoms with E-state index in [9.17, 15) is 8.78 Å². The molecule has 0 radical (unpaired) electrons. The van der Waals surface area contributed by atoms with Crippen LogP contribution in [-0.4, -0.2) is 4.98 Å². The molecule has 0 bridgehead atoms. The van der Waals surface area contributed by atoms with Gasteiger partial charge in [0.1, 0.15) is 0 Å². The Kier molecular flexibility index (Phi) is 3.14. The Bertz CT molecular complexity index is 505. The number of hydrogen-bond donors (Lipinski definition) is 0. The Labute approximate surface area is 99.0 Å². The third kappa shape index (κ3) is 2.19. The fraction of sp³-hybridized carbons (Fsp3) is 0. The molecular formula is C11H6BrF2NO. The van der Waals surface area contributed by atoms with Gasteiger partial charge in [0.25, 0.3) is 0 Å². The van der Waals surface area contributed by atoms with Crippen LogP contribution in [0.1, 0.15) is 0 Å². The predicted octanol–water partition coefficient (Wildman–Crippen LogP) is 3.91. The number of ether oxygens (including phenoxy) is 1. The van der Waals surface area contributed by atoms with Crippen LogP contribution in [0.2, 0.25) is 0 Å². The summed E-state index contributed by atoms with van der Waals surface area (Å²) in [7, 11) is 0. The van der Waals surface area contributed by atoms with Crippen LogP contribution < -0.4 is 4.74 Å². The summed E-state index contributed by atoms with van der Waals surface area (Å²) in [4.78, 5) is 3.84. The van der Waals surface area contributed by atoms with Crippen molar-refractivity contribution < 1.29 is 13.5 Å². The van der Waals surface area contributed by atoms with E-state index in [2.05, 4.69) is 20.9 Å². The summed E-state index contributed by atoms with van der Waals surface area (Å²) < 4.78 is 31.7. The molecule has 2 rings (SSSR count). The Morgan fingerprint density at radius 3 is 2.56 bits per heavy atom. The van der Waals surface area contributed by atoms with Gasteiger partial charge in [-0.2, -0.15) is 4.39 Å². The van der Waals surface area contributed by atoms with Crippen LogP contribution in [0.3, 0.4) is 0 Å². The van der Waals surface area contributed by atoms with E-state index in [1.54, 1.807) is 18.2 Å². The molecule has 0 amide bonds. The summed E-state index contributed by atoms with van der Waals surface area (Å²) in [5.41, 5.74) is 0. The van der Waals surface area contributed by atoms with Crippen molar-refractivity contribution in [3.8, 4) is 11.6 Å². The zero-order valence-electron chi connectivity index (χ0n) is 7.95. The number of pyridine rings is 1. The largest absolute Gasteiger partial charge is 0.436 e. The highest BCUT2D eigenvalue weighted by atomic mass is 79.9. The number of nitrogens with zero attached hydrogens (tertiary/aromatic N) is 1. The molecule has 5 heteroatoms. The molecule has 0 N–H and O–H groups in total. The van der Waals surface area contributed by atoms with Crippen molar-refractivity contribution in [2.75, 3.05) is 0 Å². The summed E-state index contributed by atoms with van der Waals surface area (Å²) in [6.45, 7) is 0. The van der Waals surface area contributed by atoms with Gasteiger partial charge in [0.15, 0.2) is 11.6 Å². The quantitative estimate of drug-likeness (QED) is 0.781. The number of aromatic nitrogens is 1. The first kappa shape index (κ1) is 11.0. The van der Waals surface area contributed by atoms with Crippen LogP contribution in [0.4, 0.5) is 8.78 Å². The lowest BCUT2D eigenvalue weighted by Crippen LogP contribution is -1.93. The smallest absolute Gasteiger partial charge is 0.219 e. The molecule has 0 aliphatic rings. The lowest BCUT2D eigenvalue weighted by molar-refractivity contribution is 0.404. The first-order chi connectivity index (χ1) is 7.68. The first-order valence-electron chi connectivity index (χ1n) is 4.41. The summed E-state index contributed by atoms with van der Waals surface area (Å²) in [5.74, 6) is -2.00. The molecule has 16 heavy (non-hydrogen) atoms. The van der Waals surface area contributed by atoms with E-state index in [1.807, 2.05) is 0 Å². The summed E-state index contributed by atoms with van der Waals surface area (Å²) in [6.07, 6.45) is 1.50. The van der Waals surface area contributed by atoms with E-state index < -0.39 is 11.6 Å². The van der Waals surface area contributed by atoms with Crippen LogP contribution in [0.25, 0.3) is 0 Å². The van der Waals surface area contributed by atoms with Crippen molar-refractivity contribution in [2.24, 2.45) is 0 Å². The maximum absolute atomic E-state index is 13.4. The maximum Gasteiger partial charge on any atom is 0.219 e. The minimum Gasteiger partial charge on any atom is -0.436 e. The van der Waals surface area contributed by atoms with Gasteiger partial charge in [-0.15, -0.1) is 0 Å². The highest BCUT2D eigenvalue weighted by molar-refractivity contribution is 9.10. The second-order valence-corrected chi connectivity index (χ2v) is 3.80. The molecule has 0 atom stereocenters. The SMILES string of the molecule is Fc1c(Br)ccc(Oc2ccccn2)c1F. The lowest BCUT2D eigenvalue weighted by Gasteiger charge is -2.06. The fourth-order valence-electron chi connectivity index (χ4n) is 1.11. The fourth-order valence-corrected chi connectivity index (χ4v) is 1.41. The van der Waals surface area contributed by atoms with Gasteiger partial charge in [0.2, 0.25) is 11.7 Å². The molecule has 1 heterocycles. The van der Waals surface area contributed by atoms with Crippen molar-refractivity contribution in [2.45, 2.75) is 0 Å². The van der Waals surface area contributed by atoms with Crippen LogP contribution >= 0.6 is 15.9 Å². The lowest BCUT2D eigenvalue weighted by atomic mass is 10.3. The van der Waals surface area contributed by atoms with Gasteiger partial charge < -0.3 is 4.74 Å². The Hall–Kier alpha value is -1.49. The van der Waals surface area contributed by atoms with Gasteiger partial charge >= 0.3 is 0 Å². The molecule has 0 aliphatic heterocycles. The zero-order chi connectivity index (χ0) is 11.5. The molecule has 2 aromatic rings. The molecule has 82 valence electrons. The molecule has 1 aromatic heterocycles. The van der Waals surface area contributed by atoms with E-state index in [0.29, 0.717) is 0 Å². The van der Waals surface area contributed by atoms with Crippen molar-refractivity contribution in [1.82, 2.24) is 4.98 Å². The monoisotopic (exact) mass is 285 g/mol. The maximum atomic E-state index is 13.4. The summed E-state index contributed by atoms with van der Waals surface area (Å²) in [6, 6.07) is 7.65. The molecule has 0 saturated carbocycles. The first-order valence-corrected chi connectivity index (χ1v) is 5.20. The van der Waals surface area contributed by atoms with Crippen LogP contribution in [0.15, 0.2) is 41.0 Å². The minimum absolute atomic E-state index is 0.0540. The Morgan fingerprint density at radius 2 is 1.88 bits per heavy atom. The van der Waals surface area contributed by atoms with Crippen molar-refractivity contribution in [3.63, 3.8) is 0 Å². The van der Waals surface area contributed by atoms with E-state index >= 15 is 0 Å². The molecule has 0 aliphatic carbocycles. The number of rotatable bonds is 2. The third-order valence-corrected chi connectivity index (χ3v) is 2.46. The standard InChI is InChI=1S/C11H6BrF2NO/c12-7-4-5-8(11(14)10(7)13)16-9-3-1-2-6-15-9/h1-6H. The number of benzene rings is 1. The van der Waals surface area contributed by atoms with Gasteiger partial charge in [0.05, 0.1) is 4.47 Å². The van der Waals surface area contributed by atoms with Crippen LogP contribution in [0.5, 0.6) is 11.6 Å². The predicted molar refractivity (Wildman–Crippen MR) is 58.4 cm³/mol. The molecule has 2 nitrogen and oxygen atoms in total. The van der Waals surface area contributed by atoms with E-state index in [0.717, 1.165) is 0 Å². The minimum atomic E-state index is -1.04. The van der Waals surface area contributed by atoms with E-state index in [1.165, 1.54) is 18.3 Å². The molecular weight excluding hydrogens is 280 g/mol. The molecule has 0 spiro atoms. The average Bonchev–Trinajstić information content (AvgIpc) is 2.31. The highest BCUT2D eigenvalue weighted by Crippen LogP contribution is 2.28. The number of halogens is 3. The second-order valence-electron chi connectivity index (χ2n) is 2.94. The van der Waals surface area contributed by atoms with Crippen LogP contribution in [0, 0.1) is 11.6 Å². The van der Waals surface area contributed by atoms with Crippen molar-refractivity contribution in [3.05, 3.63) is 52.6 Å². The summed E-state index contributed by atoms with van der Waals surface area (Å²) >= 11 is 2.88. The van der Waals surface area contributed by atoms with Crippen LogP contribution in [-0.2, 0) is 0 Å². The van der Waals surface area contributed by atoms with Gasteiger partial charge in [-0.25, -0.2) is 9.37 Å². The van der Waals surface area contributed by atoms with E-state index in [4.69, 9.17) is 4.74 Å². The zero-order valence-corrected chi connectivity index (χ0v) is 9.54. The van der Waals surface area contributed by atoms with Gasteiger partial charge in [-0.05, 0) is 34.1 Å². The molecule has 0 unspecified atom stereocenters. The van der Waals surface area contributed by atoms with Gasteiger partial charge in [-0.1, -0.05) is 6.07 Å². The Morgan fingerprint density at radius 1 is 1.06 bits per heavy atom. The van der Waals surface area contributed by atoms with Gasteiger partial charge in [0, 0.05) is 12.3 Å². The summed E-state index contributed by atoms with van der Waals surface area (Å²) in [5, 5.41) is 0. The number of hydrogen-bond acceptors (Lipinski definition) is 2. The highest BCUT2D eigenvalue weighted by Gasteiger charge is 2.13. The molecule has 0 fully saturated rings. The molecule has 1 aromatic carbocycles. The van der Waals surface area contributed by atoms with Gasteiger partial charge in [-0.3, -0.25) is 0 Å². The third-order valence-electron chi connectivity index (χ3n) is 1.85. The average molecular weight is 286 g/mol. The second kappa shape index (κ2) is 4.57. The topological polar surface area (TPSA) is 22.1 Å². The van der Waals surface area contributed by atoms with Crippen molar-refractivity contribution in [1.29, 1.82) is 0 Å². The Balaban J connectivity index is 2.33. The van der Waals surface area contributed by atoms with Crippen molar-refractivity contribution >= 4 is 15.9 Å². The molecule has 0 saturated heterocycles. The normalized spacial score (nSPS) is 10.2. The van der Waals surface area contributed by atoms with E-state index in [-0.39, 0.29) is 16.1 Å².